The van der Waals surface area contributed by atoms with Crippen LogP contribution in [0, 0.1) is 0 Å². The summed E-state index contributed by atoms with van der Waals surface area (Å²) in [5.41, 5.74) is 1.15. The average Bonchev–Trinajstić information content (AvgIpc) is 2.29. The lowest BCUT2D eigenvalue weighted by atomic mass is 10.2. The van der Waals surface area contributed by atoms with Crippen LogP contribution in [-0.2, 0) is 16.0 Å². The summed E-state index contributed by atoms with van der Waals surface area (Å²) in [6.07, 6.45) is 4.42. The zero-order valence-electron chi connectivity index (χ0n) is 9.06. The summed E-state index contributed by atoms with van der Waals surface area (Å²) in [4.78, 5) is 15.1. The molecule has 0 saturated carbocycles. The summed E-state index contributed by atoms with van der Waals surface area (Å²) in [6.45, 7) is 2.52. The highest BCUT2D eigenvalue weighted by molar-refractivity contribution is 5.75. The van der Waals surface area contributed by atoms with E-state index < -0.39 is 0 Å². The fraction of sp³-hybridized carbons (Fsp3) is 0.455. The molecule has 82 valence electrons. The van der Waals surface area contributed by atoms with E-state index >= 15 is 0 Å². The van der Waals surface area contributed by atoms with Gasteiger partial charge in [-0.15, -0.1) is 0 Å². The van der Waals surface area contributed by atoms with Crippen molar-refractivity contribution in [3.8, 4) is 0 Å². The molecule has 15 heavy (non-hydrogen) atoms. The van der Waals surface area contributed by atoms with Crippen molar-refractivity contribution in [2.45, 2.75) is 19.4 Å². The van der Waals surface area contributed by atoms with Crippen LogP contribution in [0.2, 0.25) is 0 Å². The number of aromatic nitrogens is 1. The van der Waals surface area contributed by atoms with Crippen LogP contribution in [0.15, 0.2) is 24.5 Å². The lowest BCUT2D eigenvalue weighted by molar-refractivity contribution is -0.142. The Morgan fingerprint density at radius 2 is 2.47 bits per heavy atom. The first-order valence-corrected chi connectivity index (χ1v) is 4.94. The van der Waals surface area contributed by atoms with Gasteiger partial charge in [0.2, 0.25) is 0 Å². The predicted octanol–water partition coefficient (Wildman–Crippen LogP) is 0.775. The molecular formula is C11H16N2O2. The number of hydrogen-bond acceptors (Lipinski definition) is 4. The first-order valence-electron chi connectivity index (χ1n) is 4.94. The van der Waals surface area contributed by atoms with Gasteiger partial charge < -0.3 is 10.1 Å². The van der Waals surface area contributed by atoms with E-state index in [4.69, 9.17) is 0 Å². The molecule has 1 atom stereocenters. The van der Waals surface area contributed by atoms with Crippen LogP contribution in [0.5, 0.6) is 0 Å². The van der Waals surface area contributed by atoms with E-state index in [0.29, 0.717) is 0 Å². The molecule has 1 N–H and O–H groups in total. The normalized spacial score (nSPS) is 12.1. The molecule has 0 aromatic carbocycles. The Morgan fingerprint density at radius 3 is 3.07 bits per heavy atom. The molecule has 4 nitrogen and oxygen atoms in total. The Morgan fingerprint density at radius 1 is 1.67 bits per heavy atom. The number of esters is 1. The highest BCUT2D eigenvalue weighted by Crippen LogP contribution is 1.96. The number of methoxy groups -OCH3 is 1. The maximum Gasteiger partial charge on any atom is 0.322 e. The number of rotatable bonds is 5. The Hall–Kier alpha value is -1.42. The van der Waals surface area contributed by atoms with Crippen molar-refractivity contribution >= 4 is 5.97 Å². The molecule has 0 saturated heterocycles. The fourth-order valence-corrected chi connectivity index (χ4v) is 1.24. The van der Waals surface area contributed by atoms with Gasteiger partial charge in [0.05, 0.1) is 7.11 Å². The Kier molecular flexibility index (Phi) is 4.77. The zero-order valence-corrected chi connectivity index (χ0v) is 9.06. The highest BCUT2D eigenvalue weighted by atomic mass is 16.5. The van der Waals surface area contributed by atoms with Crippen LogP contribution in [0.4, 0.5) is 0 Å². The summed E-state index contributed by atoms with van der Waals surface area (Å²) in [5, 5.41) is 3.08. The monoisotopic (exact) mass is 208 g/mol. The van der Waals surface area contributed by atoms with Crippen molar-refractivity contribution in [2.24, 2.45) is 0 Å². The standard InChI is InChI=1S/C11H16N2O2/c1-9(11(14)15-2)13-7-5-10-4-3-6-12-8-10/h3-4,6,8-9,13H,5,7H2,1-2H3. The molecule has 4 heteroatoms. The van der Waals surface area contributed by atoms with Crippen LogP contribution in [0.1, 0.15) is 12.5 Å². The second-order valence-electron chi connectivity index (χ2n) is 3.31. The van der Waals surface area contributed by atoms with E-state index in [1.807, 2.05) is 18.3 Å². The third kappa shape index (κ3) is 4.08. The lowest BCUT2D eigenvalue weighted by Crippen LogP contribution is -2.36. The molecule has 1 unspecified atom stereocenters. The van der Waals surface area contributed by atoms with Gasteiger partial charge in [0, 0.05) is 18.9 Å². The van der Waals surface area contributed by atoms with Crippen molar-refractivity contribution < 1.29 is 9.53 Å². The smallest absolute Gasteiger partial charge is 0.322 e. The minimum atomic E-state index is -0.258. The molecule has 0 radical (unpaired) electrons. The molecule has 0 amide bonds. The van der Waals surface area contributed by atoms with Gasteiger partial charge in [-0.2, -0.15) is 0 Å². The average molecular weight is 208 g/mol. The van der Waals surface area contributed by atoms with Crippen LogP contribution < -0.4 is 5.32 Å². The first-order chi connectivity index (χ1) is 7.24. The fourth-order valence-electron chi connectivity index (χ4n) is 1.24. The molecular weight excluding hydrogens is 192 g/mol. The van der Waals surface area contributed by atoms with E-state index in [-0.39, 0.29) is 12.0 Å². The van der Waals surface area contributed by atoms with Crippen molar-refractivity contribution in [1.82, 2.24) is 10.3 Å². The van der Waals surface area contributed by atoms with Crippen molar-refractivity contribution in [2.75, 3.05) is 13.7 Å². The molecule has 1 aromatic heterocycles. The largest absolute Gasteiger partial charge is 0.468 e. The van der Waals surface area contributed by atoms with Crippen LogP contribution in [0.3, 0.4) is 0 Å². The topological polar surface area (TPSA) is 51.2 Å². The van der Waals surface area contributed by atoms with Gasteiger partial charge in [0.25, 0.3) is 0 Å². The van der Waals surface area contributed by atoms with Crippen LogP contribution >= 0.6 is 0 Å². The highest BCUT2D eigenvalue weighted by Gasteiger charge is 2.10. The van der Waals surface area contributed by atoms with Gasteiger partial charge in [0.15, 0.2) is 0 Å². The van der Waals surface area contributed by atoms with Gasteiger partial charge in [0.1, 0.15) is 6.04 Å². The van der Waals surface area contributed by atoms with Gasteiger partial charge in [-0.05, 0) is 25.0 Å². The van der Waals surface area contributed by atoms with E-state index in [2.05, 4.69) is 15.0 Å². The zero-order chi connectivity index (χ0) is 11.1. The summed E-state index contributed by atoms with van der Waals surface area (Å²) in [7, 11) is 1.39. The summed E-state index contributed by atoms with van der Waals surface area (Å²) in [6, 6.07) is 3.66. The van der Waals surface area contributed by atoms with Gasteiger partial charge >= 0.3 is 5.97 Å². The van der Waals surface area contributed by atoms with Gasteiger partial charge in [-0.25, -0.2) is 0 Å². The molecule has 1 heterocycles. The molecule has 0 fully saturated rings. The Bertz CT molecular complexity index is 301. The number of carbonyl (C=O) groups is 1. The molecule has 0 aliphatic rings. The third-order valence-corrected chi connectivity index (χ3v) is 2.14. The first kappa shape index (κ1) is 11.7. The molecule has 1 rings (SSSR count). The van der Waals surface area contributed by atoms with E-state index in [1.165, 1.54) is 7.11 Å². The maximum atomic E-state index is 11.1. The van der Waals surface area contributed by atoms with Crippen molar-refractivity contribution in [3.05, 3.63) is 30.1 Å². The molecule has 1 aromatic rings. The quantitative estimate of drug-likeness (QED) is 0.726. The molecule has 0 aliphatic heterocycles. The van der Waals surface area contributed by atoms with Crippen LogP contribution in [0.25, 0.3) is 0 Å². The number of nitrogens with one attached hydrogen (secondary N) is 1. The SMILES string of the molecule is COC(=O)C(C)NCCc1cccnc1. The summed E-state index contributed by atoms with van der Waals surface area (Å²) >= 11 is 0. The van der Waals surface area contributed by atoms with Crippen LogP contribution in [-0.4, -0.2) is 30.6 Å². The van der Waals surface area contributed by atoms with Gasteiger partial charge in [-0.3, -0.25) is 9.78 Å². The minimum Gasteiger partial charge on any atom is -0.468 e. The number of ether oxygens (including phenoxy) is 1. The second kappa shape index (κ2) is 6.14. The maximum absolute atomic E-state index is 11.1. The molecule has 0 aliphatic carbocycles. The number of carbonyl (C=O) groups excluding carboxylic acids is 1. The van der Waals surface area contributed by atoms with E-state index in [0.717, 1.165) is 18.5 Å². The Balaban J connectivity index is 2.25. The summed E-state index contributed by atoms with van der Waals surface area (Å²) < 4.78 is 4.60. The number of nitrogens with zero attached hydrogens (tertiary/aromatic N) is 1. The number of hydrogen-bond donors (Lipinski definition) is 1. The van der Waals surface area contributed by atoms with Crippen molar-refractivity contribution in [3.63, 3.8) is 0 Å². The van der Waals surface area contributed by atoms with E-state index in [1.54, 1.807) is 13.1 Å². The molecule has 0 spiro atoms. The minimum absolute atomic E-state index is 0.235. The van der Waals surface area contributed by atoms with E-state index in [9.17, 15) is 4.79 Å². The molecule has 0 bridgehead atoms. The van der Waals surface area contributed by atoms with Crippen molar-refractivity contribution in [1.29, 1.82) is 0 Å². The summed E-state index contributed by atoms with van der Waals surface area (Å²) in [5.74, 6) is -0.235. The predicted molar refractivity (Wildman–Crippen MR) is 57.4 cm³/mol. The third-order valence-electron chi connectivity index (χ3n) is 2.14. The number of pyridine rings is 1. The lowest BCUT2D eigenvalue weighted by Gasteiger charge is -2.10. The second-order valence-corrected chi connectivity index (χ2v) is 3.31. The Labute approximate surface area is 89.7 Å². The van der Waals surface area contributed by atoms with Gasteiger partial charge in [-0.1, -0.05) is 6.07 Å².